The Morgan fingerprint density at radius 3 is 2.26 bits per heavy atom. The fourth-order valence-electron chi connectivity index (χ4n) is 1.66. The smallest absolute Gasteiger partial charge is 0.314 e. The van der Waals surface area contributed by atoms with Crippen molar-refractivity contribution in [2.45, 2.75) is 78.2 Å². The van der Waals surface area contributed by atoms with Gasteiger partial charge in [-0.1, -0.05) is 38.7 Å². The molecule has 0 radical (unpaired) electrons. The summed E-state index contributed by atoms with van der Waals surface area (Å²) in [6.45, 7) is 7.57. The number of hydrogen-bond acceptors (Lipinski definition) is 3. The van der Waals surface area contributed by atoms with Gasteiger partial charge in [0.05, 0.1) is 0 Å². The minimum atomic E-state index is -0.527. The van der Waals surface area contributed by atoms with Gasteiger partial charge in [0.1, 0.15) is 12.0 Å². The van der Waals surface area contributed by atoms with Gasteiger partial charge in [-0.3, -0.25) is 9.59 Å². The molecule has 0 aliphatic carbocycles. The first-order chi connectivity index (χ1) is 8.85. The van der Waals surface area contributed by atoms with Gasteiger partial charge in [0.2, 0.25) is 0 Å². The second kappa shape index (κ2) is 9.76. The Hall–Kier alpha value is -1.12. The molecule has 0 saturated carbocycles. The third kappa shape index (κ3) is 13.1. The van der Waals surface area contributed by atoms with E-state index >= 15 is 0 Å². The number of carbonyl (C=O) groups excluding carboxylic acids is 2. The van der Waals surface area contributed by atoms with Crippen LogP contribution < -0.4 is 0 Å². The van der Waals surface area contributed by atoms with Crippen LogP contribution in [-0.4, -0.2) is 17.4 Å². The maximum absolute atomic E-state index is 11.5. The van der Waals surface area contributed by atoms with E-state index in [-0.39, 0.29) is 12.2 Å². The lowest BCUT2D eigenvalue weighted by molar-refractivity contribution is -0.155. The number of ether oxygens (including phenoxy) is 1. The van der Waals surface area contributed by atoms with E-state index in [1.165, 1.54) is 31.8 Å². The first kappa shape index (κ1) is 17.9. The molecule has 0 fully saturated rings. The maximum atomic E-state index is 11.5. The molecular weight excluding hydrogens is 240 g/mol. The highest BCUT2D eigenvalue weighted by Gasteiger charge is 2.17. The summed E-state index contributed by atoms with van der Waals surface area (Å²) in [6.07, 6.45) is 10.2. The van der Waals surface area contributed by atoms with Crippen molar-refractivity contribution in [3.8, 4) is 0 Å². The topological polar surface area (TPSA) is 43.4 Å². The summed E-state index contributed by atoms with van der Waals surface area (Å²) in [5.41, 5.74) is -0.527. The van der Waals surface area contributed by atoms with Crippen molar-refractivity contribution in [2.75, 3.05) is 0 Å². The van der Waals surface area contributed by atoms with Crippen LogP contribution in [0.25, 0.3) is 0 Å². The van der Waals surface area contributed by atoms with E-state index in [0.717, 1.165) is 12.8 Å². The summed E-state index contributed by atoms with van der Waals surface area (Å²) in [5.74, 6) is -0.632. The molecule has 110 valence electrons. The highest BCUT2D eigenvalue weighted by Crippen LogP contribution is 2.09. The SMILES string of the molecule is CCCCCCC/C=C/C(=O)CC(=O)OC(C)(C)C. The number of ketones is 1. The van der Waals surface area contributed by atoms with Gasteiger partial charge < -0.3 is 4.74 Å². The molecule has 0 N–H and O–H groups in total. The van der Waals surface area contributed by atoms with Crippen LogP contribution in [0.3, 0.4) is 0 Å². The fourth-order valence-corrected chi connectivity index (χ4v) is 1.66. The largest absolute Gasteiger partial charge is 0.460 e. The average molecular weight is 268 g/mol. The second-order valence-corrected chi connectivity index (χ2v) is 5.83. The molecule has 0 rings (SSSR count). The highest BCUT2D eigenvalue weighted by molar-refractivity contribution is 6.01. The van der Waals surface area contributed by atoms with Gasteiger partial charge in [-0.15, -0.1) is 0 Å². The molecular formula is C16H28O3. The van der Waals surface area contributed by atoms with Gasteiger partial charge in [0, 0.05) is 0 Å². The molecule has 0 aliphatic heterocycles. The Morgan fingerprint density at radius 2 is 1.68 bits per heavy atom. The summed E-state index contributed by atoms with van der Waals surface area (Å²) in [7, 11) is 0. The van der Waals surface area contributed by atoms with Gasteiger partial charge in [-0.2, -0.15) is 0 Å². The minimum absolute atomic E-state index is 0.163. The predicted molar refractivity (Wildman–Crippen MR) is 78.0 cm³/mol. The number of hydrogen-bond donors (Lipinski definition) is 0. The normalized spacial score (nSPS) is 11.8. The Morgan fingerprint density at radius 1 is 1.05 bits per heavy atom. The molecule has 3 nitrogen and oxygen atoms in total. The van der Waals surface area contributed by atoms with Crippen LogP contribution in [0.1, 0.15) is 72.6 Å². The van der Waals surface area contributed by atoms with Crippen LogP contribution in [0.2, 0.25) is 0 Å². The number of esters is 1. The zero-order valence-corrected chi connectivity index (χ0v) is 12.8. The first-order valence-corrected chi connectivity index (χ1v) is 7.26. The average Bonchev–Trinajstić information content (AvgIpc) is 2.25. The van der Waals surface area contributed by atoms with E-state index in [4.69, 9.17) is 4.74 Å². The van der Waals surface area contributed by atoms with Crippen molar-refractivity contribution in [3.63, 3.8) is 0 Å². The molecule has 0 heterocycles. The molecule has 0 amide bonds. The zero-order chi connectivity index (χ0) is 14.7. The molecule has 0 unspecified atom stereocenters. The summed E-state index contributed by atoms with van der Waals surface area (Å²) < 4.78 is 5.09. The summed E-state index contributed by atoms with van der Waals surface area (Å²) in [6, 6.07) is 0. The Bertz CT molecular complexity index is 298. The standard InChI is InChI=1S/C16H28O3/c1-5-6-7-8-9-10-11-12-14(17)13-15(18)19-16(2,3)4/h11-12H,5-10,13H2,1-4H3/b12-11+. The molecule has 3 heteroatoms. The monoisotopic (exact) mass is 268 g/mol. The maximum Gasteiger partial charge on any atom is 0.314 e. The number of carbonyl (C=O) groups is 2. The fraction of sp³-hybridized carbons (Fsp3) is 0.750. The molecule has 0 aromatic rings. The van der Waals surface area contributed by atoms with Crippen LogP contribution >= 0.6 is 0 Å². The molecule has 0 saturated heterocycles. The molecule has 0 aromatic carbocycles. The van der Waals surface area contributed by atoms with Gasteiger partial charge >= 0.3 is 5.97 Å². The number of unbranched alkanes of at least 4 members (excludes halogenated alkanes) is 5. The summed E-state index contributed by atoms with van der Waals surface area (Å²) >= 11 is 0. The third-order valence-electron chi connectivity index (χ3n) is 2.52. The first-order valence-electron chi connectivity index (χ1n) is 7.26. The Kier molecular flexibility index (Phi) is 9.19. The van der Waals surface area contributed by atoms with Crippen molar-refractivity contribution in [1.29, 1.82) is 0 Å². The van der Waals surface area contributed by atoms with E-state index in [0.29, 0.717) is 0 Å². The molecule has 0 atom stereocenters. The van der Waals surface area contributed by atoms with Crippen molar-refractivity contribution in [1.82, 2.24) is 0 Å². The third-order valence-corrected chi connectivity index (χ3v) is 2.52. The van der Waals surface area contributed by atoms with Crippen LogP contribution in [0, 0.1) is 0 Å². The second-order valence-electron chi connectivity index (χ2n) is 5.83. The van der Waals surface area contributed by atoms with Crippen LogP contribution in [0.4, 0.5) is 0 Å². The van der Waals surface area contributed by atoms with Crippen LogP contribution in [-0.2, 0) is 14.3 Å². The van der Waals surface area contributed by atoms with Gasteiger partial charge in [-0.05, 0) is 39.7 Å². The van der Waals surface area contributed by atoms with Gasteiger partial charge in [0.15, 0.2) is 5.78 Å². The lowest BCUT2D eigenvalue weighted by Gasteiger charge is -2.18. The Labute approximate surface area is 117 Å². The number of rotatable bonds is 9. The van der Waals surface area contributed by atoms with Crippen LogP contribution in [0.5, 0.6) is 0 Å². The molecule has 0 aliphatic rings. The summed E-state index contributed by atoms with van der Waals surface area (Å²) in [5, 5.41) is 0. The van der Waals surface area contributed by atoms with Gasteiger partial charge in [-0.25, -0.2) is 0 Å². The lowest BCUT2D eigenvalue weighted by atomic mass is 10.1. The van der Waals surface area contributed by atoms with Crippen molar-refractivity contribution < 1.29 is 14.3 Å². The van der Waals surface area contributed by atoms with Crippen molar-refractivity contribution in [2.24, 2.45) is 0 Å². The number of allylic oxidation sites excluding steroid dienone is 2. The van der Waals surface area contributed by atoms with E-state index in [1.54, 1.807) is 20.8 Å². The zero-order valence-electron chi connectivity index (χ0n) is 12.8. The molecule has 0 spiro atoms. The molecule has 0 bridgehead atoms. The van der Waals surface area contributed by atoms with E-state index in [2.05, 4.69) is 6.92 Å². The van der Waals surface area contributed by atoms with Gasteiger partial charge in [0.25, 0.3) is 0 Å². The molecule has 0 aromatic heterocycles. The lowest BCUT2D eigenvalue weighted by Crippen LogP contribution is -2.24. The van der Waals surface area contributed by atoms with E-state index in [9.17, 15) is 9.59 Å². The quantitative estimate of drug-likeness (QED) is 0.272. The van der Waals surface area contributed by atoms with Crippen molar-refractivity contribution in [3.05, 3.63) is 12.2 Å². The van der Waals surface area contributed by atoms with E-state index in [1.807, 2.05) is 6.08 Å². The molecule has 19 heavy (non-hydrogen) atoms. The summed E-state index contributed by atoms with van der Waals surface area (Å²) in [4.78, 5) is 22.9. The van der Waals surface area contributed by atoms with E-state index < -0.39 is 11.6 Å². The highest BCUT2D eigenvalue weighted by atomic mass is 16.6. The Balaban J connectivity index is 3.71. The predicted octanol–water partition coefficient (Wildman–Crippen LogP) is 4.20. The minimum Gasteiger partial charge on any atom is -0.460 e. The van der Waals surface area contributed by atoms with Crippen LogP contribution in [0.15, 0.2) is 12.2 Å². The van der Waals surface area contributed by atoms with Crippen molar-refractivity contribution >= 4 is 11.8 Å².